The molecule has 1 saturated carbocycles. The Morgan fingerprint density at radius 1 is 1.33 bits per heavy atom. The molecular formula is C17H24O4. The standard InChI is InChI=1S/C17H24O4/c1-12(8-9-18)6-7-15-16(3,4)10-14(21-13(2)19)11-17(15,5)20/h6,8-9,14,20H,10-11H2,1-5H3/b12-8+. The molecule has 0 aliphatic heterocycles. The molecule has 1 N–H and O–H groups in total. The number of hydrogen-bond donors (Lipinski definition) is 1. The van der Waals surface area contributed by atoms with Gasteiger partial charge in [0.25, 0.3) is 0 Å². The fourth-order valence-corrected chi connectivity index (χ4v) is 3.03. The quantitative estimate of drug-likeness (QED) is 0.286. The first-order chi connectivity index (χ1) is 9.58. The molecule has 0 bridgehead atoms. The lowest BCUT2D eigenvalue weighted by molar-refractivity contribution is -0.152. The molecule has 4 nitrogen and oxygen atoms in total. The summed E-state index contributed by atoms with van der Waals surface area (Å²) in [4.78, 5) is 21.6. The maximum atomic E-state index is 11.1. The first kappa shape index (κ1) is 17.4. The molecular weight excluding hydrogens is 268 g/mol. The van der Waals surface area contributed by atoms with Crippen LogP contribution in [0.5, 0.6) is 0 Å². The zero-order chi connectivity index (χ0) is 16.3. The molecule has 2 unspecified atom stereocenters. The Morgan fingerprint density at radius 3 is 2.43 bits per heavy atom. The SMILES string of the molecule is CC(=O)OC1CC(C)(C)C(=C=C/C(C)=C/C=O)C(C)(O)C1. The van der Waals surface area contributed by atoms with Gasteiger partial charge in [0.05, 0.1) is 5.60 Å². The molecule has 2 atom stereocenters. The summed E-state index contributed by atoms with van der Waals surface area (Å²) in [7, 11) is 0. The van der Waals surface area contributed by atoms with E-state index in [1.807, 2.05) is 13.8 Å². The second-order valence-corrected chi connectivity index (χ2v) is 6.51. The van der Waals surface area contributed by atoms with Crippen LogP contribution in [0, 0.1) is 5.41 Å². The highest BCUT2D eigenvalue weighted by molar-refractivity contribution is 5.67. The van der Waals surface area contributed by atoms with Crippen LogP contribution in [-0.4, -0.2) is 29.1 Å². The third-order valence-corrected chi connectivity index (χ3v) is 3.69. The van der Waals surface area contributed by atoms with Crippen LogP contribution in [0.1, 0.15) is 47.5 Å². The van der Waals surface area contributed by atoms with Crippen LogP contribution in [0.3, 0.4) is 0 Å². The zero-order valence-electron chi connectivity index (χ0n) is 13.4. The predicted molar refractivity (Wildman–Crippen MR) is 80.6 cm³/mol. The van der Waals surface area contributed by atoms with Gasteiger partial charge in [-0.05, 0) is 43.4 Å². The van der Waals surface area contributed by atoms with Gasteiger partial charge in [-0.25, -0.2) is 0 Å². The number of esters is 1. The van der Waals surface area contributed by atoms with Crippen molar-refractivity contribution in [3.8, 4) is 0 Å². The Labute approximate surface area is 126 Å². The minimum Gasteiger partial charge on any atom is -0.462 e. The van der Waals surface area contributed by atoms with Gasteiger partial charge in [0, 0.05) is 18.9 Å². The number of carbonyl (C=O) groups is 2. The van der Waals surface area contributed by atoms with Gasteiger partial charge in [-0.15, -0.1) is 5.73 Å². The van der Waals surface area contributed by atoms with Gasteiger partial charge in [0.1, 0.15) is 12.4 Å². The second-order valence-electron chi connectivity index (χ2n) is 6.51. The number of rotatable bonds is 3. The van der Waals surface area contributed by atoms with Crippen molar-refractivity contribution in [2.24, 2.45) is 5.41 Å². The Morgan fingerprint density at radius 2 is 1.95 bits per heavy atom. The molecule has 1 aliphatic rings. The lowest BCUT2D eigenvalue weighted by Crippen LogP contribution is -2.46. The van der Waals surface area contributed by atoms with E-state index in [1.165, 1.54) is 13.0 Å². The van der Waals surface area contributed by atoms with Crippen molar-refractivity contribution in [3.63, 3.8) is 0 Å². The smallest absolute Gasteiger partial charge is 0.302 e. The van der Waals surface area contributed by atoms with Gasteiger partial charge in [-0.2, -0.15) is 0 Å². The maximum Gasteiger partial charge on any atom is 0.302 e. The highest BCUT2D eigenvalue weighted by Gasteiger charge is 2.46. The third kappa shape index (κ3) is 4.69. The van der Waals surface area contributed by atoms with Crippen molar-refractivity contribution in [2.45, 2.75) is 59.2 Å². The predicted octanol–water partition coefficient (Wildman–Crippen LogP) is 2.72. The highest BCUT2D eigenvalue weighted by Crippen LogP contribution is 2.46. The van der Waals surface area contributed by atoms with Crippen molar-refractivity contribution in [1.29, 1.82) is 0 Å². The van der Waals surface area contributed by atoms with Gasteiger partial charge >= 0.3 is 5.97 Å². The van der Waals surface area contributed by atoms with Crippen molar-refractivity contribution in [2.75, 3.05) is 0 Å². The molecule has 0 aromatic heterocycles. The number of ether oxygens (including phenoxy) is 1. The molecule has 21 heavy (non-hydrogen) atoms. The average Bonchev–Trinajstić information content (AvgIpc) is 2.24. The first-order valence-corrected chi connectivity index (χ1v) is 7.08. The van der Waals surface area contributed by atoms with E-state index in [-0.39, 0.29) is 17.5 Å². The highest BCUT2D eigenvalue weighted by atomic mass is 16.5. The number of carbonyl (C=O) groups excluding carboxylic acids is 2. The summed E-state index contributed by atoms with van der Waals surface area (Å²) < 4.78 is 5.27. The number of aldehydes is 1. The van der Waals surface area contributed by atoms with Crippen LogP contribution in [0.2, 0.25) is 0 Å². The van der Waals surface area contributed by atoms with E-state index in [1.54, 1.807) is 19.9 Å². The fourth-order valence-electron chi connectivity index (χ4n) is 3.03. The lowest BCUT2D eigenvalue weighted by atomic mass is 9.65. The monoisotopic (exact) mass is 292 g/mol. The number of allylic oxidation sites excluding steroid dienone is 2. The van der Waals surface area contributed by atoms with Gasteiger partial charge < -0.3 is 9.84 Å². The summed E-state index contributed by atoms with van der Waals surface area (Å²) in [5.74, 6) is -0.334. The van der Waals surface area contributed by atoms with E-state index in [9.17, 15) is 14.7 Å². The minimum absolute atomic E-state index is 0.301. The summed E-state index contributed by atoms with van der Waals surface area (Å²) >= 11 is 0. The van der Waals surface area contributed by atoms with Crippen LogP contribution >= 0.6 is 0 Å². The minimum atomic E-state index is -1.10. The molecule has 0 radical (unpaired) electrons. The van der Waals surface area contributed by atoms with E-state index in [0.717, 1.165) is 17.4 Å². The molecule has 4 heteroatoms. The normalized spacial score (nSPS) is 28.6. The Balaban J connectivity index is 3.16. The van der Waals surface area contributed by atoms with Crippen LogP contribution in [0.25, 0.3) is 0 Å². The van der Waals surface area contributed by atoms with Crippen molar-refractivity contribution in [1.82, 2.24) is 0 Å². The zero-order valence-corrected chi connectivity index (χ0v) is 13.4. The summed E-state index contributed by atoms with van der Waals surface area (Å²) in [6.45, 7) is 8.87. The maximum absolute atomic E-state index is 11.1. The Hall–Kier alpha value is -1.64. The van der Waals surface area contributed by atoms with E-state index < -0.39 is 5.60 Å². The second kappa shape index (κ2) is 6.42. The van der Waals surface area contributed by atoms with Crippen molar-refractivity contribution >= 4 is 12.3 Å². The van der Waals surface area contributed by atoms with Crippen LogP contribution in [0.15, 0.2) is 29.0 Å². The molecule has 116 valence electrons. The number of aliphatic hydroxyl groups is 1. The van der Waals surface area contributed by atoms with Crippen LogP contribution in [-0.2, 0) is 14.3 Å². The van der Waals surface area contributed by atoms with Gasteiger partial charge in [0.15, 0.2) is 0 Å². The molecule has 1 aliphatic carbocycles. The molecule has 1 fully saturated rings. The fraction of sp³-hybridized carbons (Fsp3) is 0.588. The van der Waals surface area contributed by atoms with Gasteiger partial charge in [0.2, 0.25) is 0 Å². The first-order valence-electron chi connectivity index (χ1n) is 7.08. The molecule has 0 amide bonds. The van der Waals surface area contributed by atoms with E-state index in [0.29, 0.717) is 12.8 Å². The topological polar surface area (TPSA) is 63.6 Å². The number of hydrogen-bond acceptors (Lipinski definition) is 4. The van der Waals surface area contributed by atoms with Gasteiger partial charge in [-0.3, -0.25) is 9.59 Å². The molecule has 0 heterocycles. The molecule has 0 aromatic carbocycles. The van der Waals surface area contributed by atoms with Gasteiger partial charge in [-0.1, -0.05) is 13.8 Å². The summed E-state index contributed by atoms with van der Waals surface area (Å²) in [5, 5.41) is 10.7. The largest absolute Gasteiger partial charge is 0.462 e. The lowest BCUT2D eigenvalue weighted by Gasteiger charge is -2.44. The average molecular weight is 292 g/mol. The van der Waals surface area contributed by atoms with Crippen molar-refractivity contribution in [3.05, 3.63) is 29.0 Å². The van der Waals surface area contributed by atoms with E-state index >= 15 is 0 Å². The van der Waals surface area contributed by atoms with E-state index in [4.69, 9.17) is 4.74 Å². The molecule has 0 spiro atoms. The van der Waals surface area contributed by atoms with Crippen LogP contribution in [0.4, 0.5) is 0 Å². The van der Waals surface area contributed by atoms with Crippen LogP contribution < -0.4 is 0 Å². The summed E-state index contributed by atoms with van der Waals surface area (Å²) in [5.41, 5.74) is 3.22. The molecule has 0 saturated heterocycles. The summed E-state index contributed by atoms with van der Waals surface area (Å²) in [6.07, 6.45) is 4.55. The van der Waals surface area contributed by atoms with Crippen molar-refractivity contribution < 1.29 is 19.4 Å². The molecule has 0 aromatic rings. The molecule has 1 rings (SSSR count). The third-order valence-electron chi connectivity index (χ3n) is 3.69. The Kier molecular flexibility index (Phi) is 5.32. The summed E-state index contributed by atoms with van der Waals surface area (Å²) in [6, 6.07) is 0. The van der Waals surface area contributed by atoms with E-state index in [2.05, 4.69) is 5.73 Å². The Bertz CT molecular complexity index is 497.